The van der Waals surface area contributed by atoms with Crippen molar-refractivity contribution in [3.8, 4) is 0 Å². The molecule has 3 nitrogen and oxygen atoms in total. The van der Waals surface area contributed by atoms with E-state index in [1.54, 1.807) is 5.38 Å². The minimum atomic E-state index is -4.27. The molecule has 1 saturated carbocycles. The second-order valence-corrected chi connectivity index (χ2v) is 4.93. The predicted molar refractivity (Wildman–Crippen MR) is 56.1 cm³/mol. The van der Waals surface area contributed by atoms with Gasteiger partial charge >= 0.3 is 12.1 Å². The van der Waals surface area contributed by atoms with Crippen LogP contribution in [0.25, 0.3) is 0 Å². The van der Waals surface area contributed by atoms with Crippen LogP contribution in [0.15, 0.2) is 11.4 Å². The summed E-state index contributed by atoms with van der Waals surface area (Å²) in [6.45, 7) is -0.0648. The van der Waals surface area contributed by atoms with Crippen molar-refractivity contribution in [1.29, 1.82) is 0 Å². The van der Waals surface area contributed by atoms with E-state index in [0.29, 0.717) is 5.56 Å². The van der Waals surface area contributed by atoms with Crippen molar-refractivity contribution in [3.05, 3.63) is 21.9 Å². The third kappa shape index (κ3) is 2.30. The maximum Gasteiger partial charge on any atom is 0.406 e. The van der Waals surface area contributed by atoms with Crippen LogP contribution in [-0.4, -0.2) is 22.8 Å². The number of hydrogen-bond donors (Lipinski definition) is 2. The largest absolute Gasteiger partial charge is 0.477 e. The molecule has 0 amide bonds. The van der Waals surface area contributed by atoms with Crippen molar-refractivity contribution in [1.82, 2.24) is 5.32 Å². The highest BCUT2D eigenvalue weighted by atomic mass is 32.1. The normalized spacial score (nSPS) is 18.1. The van der Waals surface area contributed by atoms with E-state index in [0.717, 1.165) is 11.3 Å². The summed E-state index contributed by atoms with van der Waals surface area (Å²) >= 11 is 1.02. The van der Waals surface area contributed by atoms with Crippen LogP contribution in [0.1, 0.15) is 28.1 Å². The topological polar surface area (TPSA) is 49.3 Å². The molecule has 17 heavy (non-hydrogen) atoms. The Morgan fingerprint density at radius 3 is 2.65 bits per heavy atom. The van der Waals surface area contributed by atoms with Gasteiger partial charge in [0, 0.05) is 6.54 Å². The molecule has 94 valence electrons. The first kappa shape index (κ1) is 12.4. The predicted octanol–water partition coefficient (Wildman–Crippen LogP) is 2.63. The van der Waals surface area contributed by atoms with Gasteiger partial charge in [0.15, 0.2) is 0 Å². The summed E-state index contributed by atoms with van der Waals surface area (Å²) in [4.78, 5) is 10.9. The van der Waals surface area contributed by atoms with Crippen LogP contribution < -0.4 is 5.32 Å². The lowest BCUT2D eigenvalue weighted by atomic mass is 10.2. The van der Waals surface area contributed by atoms with Gasteiger partial charge in [0.1, 0.15) is 10.4 Å². The second kappa shape index (κ2) is 3.99. The second-order valence-electron chi connectivity index (χ2n) is 4.01. The van der Waals surface area contributed by atoms with E-state index in [-0.39, 0.29) is 24.3 Å². The van der Waals surface area contributed by atoms with Gasteiger partial charge in [-0.1, -0.05) is 0 Å². The highest BCUT2D eigenvalue weighted by Gasteiger charge is 2.62. The first-order valence-electron chi connectivity index (χ1n) is 4.97. The van der Waals surface area contributed by atoms with Crippen LogP contribution in [-0.2, 0) is 6.54 Å². The van der Waals surface area contributed by atoms with Gasteiger partial charge in [0.05, 0.1) is 0 Å². The maximum absolute atomic E-state index is 12.6. The maximum atomic E-state index is 12.6. The lowest BCUT2D eigenvalue weighted by molar-refractivity contribution is -0.166. The molecule has 0 bridgehead atoms. The Bertz CT molecular complexity index is 437. The molecule has 1 aromatic heterocycles. The van der Waals surface area contributed by atoms with Crippen LogP contribution in [0.4, 0.5) is 13.2 Å². The molecular weight excluding hydrogens is 255 g/mol. The van der Waals surface area contributed by atoms with Crippen LogP contribution in [0.2, 0.25) is 0 Å². The van der Waals surface area contributed by atoms with Gasteiger partial charge in [0.25, 0.3) is 0 Å². The molecule has 1 fully saturated rings. The zero-order valence-corrected chi connectivity index (χ0v) is 9.49. The van der Waals surface area contributed by atoms with Crippen molar-refractivity contribution in [2.24, 2.45) is 0 Å². The number of rotatable bonds is 4. The zero-order chi connectivity index (χ0) is 12.7. The fourth-order valence-electron chi connectivity index (χ4n) is 1.61. The zero-order valence-electron chi connectivity index (χ0n) is 8.67. The number of carbonyl (C=O) groups is 1. The Morgan fingerprint density at radius 2 is 2.18 bits per heavy atom. The highest BCUT2D eigenvalue weighted by Crippen LogP contribution is 2.49. The lowest BCUT2D eigenvalue weighted by Crippen LogP contribution is -2.44. The summed E-state index contributed by atoms with van der Waals surface area (Å²) in [7, 11) is 0. The molecule has 0 aliphatic heterocycles. The summed E-state index contributed by atoms with van der Waals surface area (Å²) in [5.41, 5.74) is -1.40. The summed E-state index contributed by atoms with van der Waals surface area (Å²) in [5, 5.41) is 12.8. The number of alkyl halides is 3. The lowest BCUT2D eigenvalue weighted by Gasteiger charge is -2.20. The standard InChI is InChI=1S/C10H10F3NO2S/c11-10(12,13)9(2-3-9)14-5-6-1-4-17-7(6)8(15)16/h1,4,14H,2-3,5H2,(H,15,16). The van der Waals surface area contributed by atoms with E-state index < -0.39 is 17.7 Å². The van der Waals surface area contributed by atoms with Gasteiger partial charge in [-0.15, -0.1) is 11.3 Å². The monoisotopic (exact) mass is 265 g/mol. The van der Waals surface area contributed by atoms with E-state index in [2.05, 4.69) is 5.32 Å². The number of carboxylic acids is 1. The number of thiophene rings is 1. The van der Waals surface area contributed by atoms with Crippen LogP contribution >= 0.6 is 11.3 Å². The molecule has 0 aromatic carbocycles. The average molecular weight is 265 g/mol. The summed E-state index contributed by atoms with van der Waals surface area (Å²) in [6.07, 6.45) is -4.15. The molecule has 0 spiro atoms. The van der Waals surface area contributed by atoms with E-state index in [1.807, 2.05) is 0 Å². The molecule has 0 radical (unpaired) electrons. The SMILES string of the molecule is O=C(O)c1sccc1CNC1(C(F)(F)F)CC1. The Morgan fingerprint density at radius 1 is 1.53 bits per heavy atom. The highest BCUT2D eigenvalue weighted by molar-refractivity contribution is 7.12. The van der Waals surface area contributed by atoms with Gasteiger partial charge < -0.3 is 5.11 Å². The Balaban J connectivity index is 2.04. The van der Waals surface area contributed by atoms with Crippen molar-refractivity contribution in [2.45, 2.75) is 31.1 Å². The van der Waals surface area contributed by atoms with Gasteiger partial charge in [-0.25, -0.2) is 4.79 Å². The number of carboxylic acid groups (broad SMARTS) is 1. The van der Waals surface area contributed by atoms with Gasteiger partial charge in [-0.2, -0.15) is 13.2 Å². The molecule has 1 aromatic rings. The van der Waals surface area contributed by atoms with Gasteiger partial charge in [0.2, 0.25) is 0 Å². The quantitative estimate of drug-likeness (QED) is 0.879. The first-order valence-corrected chi connectivity index (χ1v) is 5.85. The Hall–Kier alpha value is -1.08. The molecule has 1 aliphatic rings. The van der Waals surface area contributed by atoms with E-state index in [1.165, 1.54) is 6.07 Å². The fraction of sp³-hybridized carbons (Fsp3) is 0.500. The van der Waals surface area contributed by atoms with Crippen LogP contribution in [0.3, 0.4) is 0 Å². The molecule has 2 N–H and O–H groups in total. The van der Waals surface area contributed by atoms with E-state index in [4.69, 9.17) is 5.11 Å². The summed E-state index contributed by atoms with van der Waals surface area (Å²) in [5.74, 6) is -1.10. The van der Waals surface area contributed by atoms with Crippen molar-refractivity contribution in [3.63, 3.8) is 0 Å². The third-order valence-corrected chi connectivity index (χ3v) is 3.80. The molecule has 1 heterocycles. The molecule has 0 atom stereocenters. The fourth-order valence-corrected chi connectivity index (χ4v) is 2.37. The van der Waals surface area contributed by atoms with Crippen LogP contribution in [0, 0.1) is 0 Å². The van der Waals surface area contributed by atoms with E-state index in [9.17, 15) is 18.0 Å². The Kier molecular flexibility index (Phi) is 2.90. The minimum Gasteiger partial charge on any atom is -0.477 e. The number of nitrogens with one attached hydrogen (secondary N) is 1. The van der Waals surface area contributed by atoms with Gasteiger partial charge in [-0.05, 0) is 29.9 Å². The molecular formula is C10H10F3NO2S. The molecule has 0 saturated heterocycles. The Labute approximate surface area is 99.3 Å². The smallest absolute Gasteiger partial charge is 0.406 e. The molecule has 2 rings (SSSR count). The van der Waals surface area contributed by atoms with Crippen molar-refractivity contribution < 1.29 is 23.1 Å². The average Bonchev–Trinajstić information content (AvgIpc) is 2.86. The number of aromatic carboxylic acids is 1. The molecule has 0 unspecified atom stereocenters. The van der Waals surface area contributed by atoms with E-state index >= 15 is 0 Å². The molecule has 7 heteroatoms. The van der Waals surface area contributed by atoms with Gasteiger partial charge in [-0.3, -0.25) is 5.32 Å². The van der Waals surface area contributed by atoms with Crippen LogP contribution in [0.5, 0.6) is 0 Å². The molecule has 1 aliphatic carbocycles. The number of hydrogen-bond acceptors (Lipinski definition) is 3. The van der Waals surface area contributed by atoms with Crippen molar-refractivity contribution >= 4 is 17.3 Å². The summed E-state index contributed by atoms with van der Waals surface area (Å²) in [6, 6.07) is 1.54. The summed E-state index contributed by atoms with van der Waals surface area (Å²) < 4.78 is 37.8. The third-order valence-electron chi connectivity index (χ3n) is 2.85. The number of halogens is 3. The first-order chi connectivity index (χ1) is 7.86. The van der Waals surface area contributed by atoms with Crippen molar-refractivity contribution in [2.75, 3.05) is 0 Å². The minimum absolute atomic E-state index is 0.0586.